The number of aromatic nitrogens is 4. The van der Waals surface area contributed by atoms with E-state index >= 15 is 0 Å². The Morgan fingerprint density at radius 1 is 1.33 bits per heavy atom. The van der Waals surface area contributed by atoms with Crippen LogP contribution < -0.4 is 4.85 Å². The minimum atomic E-state index is 0.436. The molecule has 74 valence electrons. The van der Waals surface area contributed by atoms with Crippen molar-refractivity contribution in [1.29, 1.82) is 0 Å². The molecular formula is C10H8N4O. The second-order valence-corrected chi connectivity index (χ2v) is 3.47. The van der Waals surface area contributed by atoms with Crippen molar-refractivity contribution in [2.45, 2.75) is 6.92 Å². The first kappa shape index (κ1) is 8.16. The molecule has 0 unspecified atom stereocenters. The van der Waals surface area contributed by atoms with Crippen molar-refractivity contribution in [2.75, 3.05) is 0 Å². The molecule has 0 saturated carbocycles. The molecule has 5 heteroatoms. The van der Waals surface area contributed by atoms with Gasteiger partial charge >= 0.3 is 5.65 Å². The molecule has 0 aliphatic heterocycles. The summed E-state index contributed by atoms with van der Waals surface area (Å²) in [6.45, 7) is 1.96. The van der Waals surface area contributed by atoms with Gasteiger partial charge in [-0.3, -0.25) is 0 Å². The van der Waals surface area contributed by atoms with Gasteiger partial charge in [-0.25, -0.2) is 0 Å². The summed E-state index contributed by atoms with van der Waals surface area (Å²) >= 11 is 0. The number of nitrogens with zero attached hydrogens (tertiary/aromatic N) is 4. The van der Waals surface area contributed by atoms with Crippen molar-refractivity contribution in [3.8, 4) is 0 Å². The summed E-state index contributed by atoms with van der Waals surface area (Å²) in [6.07, 6.45) is 1.59. The van der Waals surface area contributed by atoms with Crippen LogP contribution in [0.2, 0.25) is 0 Å². The first-order chi connectivity index (χ1) is 7.25. The fourth-order valence-electron chi connectivity index (χ4n) is 1.67. The average molecular weight is 200 g/mol. The van der Waals surface area contributed by atoms with Gasteiger partial charge in [-0.2, -0.15) is 0 Å². The number of fused-ring (bicyclic) bond motifs is 3. The van der Waals surface area contributed by atoms with E-state index in [2.05, 4.69) is 10.2 Å². The quantitative estimate of drug-likeness (QED) is 0.399. The lowest BCUT2D eigenvalue weighted by Gasteiger charge is -2.02. The van der Waals surface area contributed by atoms with Crippen LogP contribution in [0.15, 0.2) is 30.5 Å². The maximum atomic E-state index is 11.5. The van der Waals surface area contributed by atoms with E-state index in [4.69, 9.17) is 0 Å². The molecule has 0 N–H and O–H groups in total. The minimum absolute atomic E-state index is 0.436. The fraction of sp³-hybridized carbons (Fsp3) is 0.100. The van der Waals surface area contributed by atoms with Gasteiger partial charge in [0.25, 0.3) is 0 Å². The third-order valence-electron chi connectivity index (χ3n) is 2.38. The summed E-state index contributed by atoms with van der Waals surface area (Å²) < 4.78 is 1.59. The van der Waals surface area contributed by atoms with Crippen molar-refractivity contribution >= 4 is 16.7 Å². The lowest BCUT2D eigenvalue weighted by atomic mass is 10.2. The highest BCUT2D eigenvalue weighted by Gasteiger charge is 2.11. The molecule has 2 heterocycles. The normalized spacial score (nSPS) is 11.3. The Kier molecular flexibility index (Phi) is 1.45. The molecule has 0 aliphatic carbocycles. The lowest BCUT2D eigenvalue weighted by Crippen LogP contribution is -2.33. The molecule has 0 aliphatic rings. The highest BCUT2D eigenvalue weighted by molar-refractivity contribution is 5.75. The molecule has 5 nitrogen and oxygen atoms in total. The molecule has 0 amide bonds. The molecule has 0 atom stereocenters. The summed E-state index contributed by atoms with van der Waals surface area (Å²) in [5.41, 5.74) is 3.00. The Balaban J connectivity index is 2.60. The number of hydrogen-bond donors (Lipinski definition) is 0. The Hall–Kier alpha value is -2.17. The maximum Gasteiger partial charge on any atom is 0.333 e. The van der Waals surface area contributed by atoms with E-state index in [1.807, 2.05) is 25.1 Å². The standard InChI is InChI=1S/C10H8N4O/c1-7-2-3-9-8(6-7)12-14(15)10-4-5-11-13(9)10/h2-6H,1H3. The van der Waals surface area contributed by atoms with E-state index in [0.717, 1.165) is 11.1 Å². The second kappa shape index (κ2) is 2.66. The van der Waals surface area contributed by atoms with Gasteiger partial charge in [0.2, 0.25) is 0 Å². The Labute approximate surface area is 85.2 Å². The topological polar surface area (TPSA) is 57.1 Å². The van der Waals surface area contributed by atoms with Crippen molar-refractivity contribution in [2.24, 2.45) is 0 Å². The van der Waals surface area contributed by atoms with Gasteiger partial charge in [0.15, 0.2) is 11.0 Å². The highest BCUT2D eigenvalue weighted by Crippen LogP contribution is 2.12. The predicted octanol–water partition coefficient (Wildman–Crippen LogP) is 0.824. The first-order valence-corrected chi connectivity index (χ1v) is 4.60. The van der Waals surface area contributed by atoms with Crippen LogP contribution in [0.25, 0.3) is 16.7 Å². The molecular weight excluding hydrogens is 192 g/mol. The van der Waals surface area contributed by atoms with Crippen molar-refractivity contribution in [3.05, 3.63) is 41.2 Å². The zero-order valence-electron chi connectivity index (χ0n) is 8.08. The third-order valence-corrected chi connectivity index (χ3v) is 2.38. The van der Waals surface area contributed by atoms with Crippen LogP contribution in [0.3, 0.4) is 0 Å². The molecule has 1 aromatic carbocycles. The van der Waals surface area contributed by atoms with Gasteiger partial charge in [0.1, 0.15) is 0 Å². The van der Waals surface area contributed by atoms with Crippen molar-refractivity contribution in [1.82, 2.24) is 14.7 Å². The van der Waals surface area contributed by atoms with E-state index < -0.39 is 0 Å². The first-order valence-electron chi connectivity index (χ1n) is 4.60. The van der Waals surface area contributed by atoms with Gasteiger partial charge in [-0.05, 0) is 24.6 Å². The summed E-state index contributed by atoms with van der Waals surface area (Å²) in [6, 6.07) is 7.39. The average Bonchev–Trinajstić information content (AvgIpc) is 2.66. The monoisotopic (exact) mass is 200 g/mol. The zero-order chi connectivity index (χ0) is 10.4. The van der Waals surface area contributed by atoms with Gasteiger partial charge < -0.3 is 5.21 Å². The molecule has 0 fully saturated rings. The van der Waals surface area contributed by atoms with Crippen molar-refractivity contribution in [3.63, 3.8) is 0 Å². The number of benzene rings is 1. The number of hydrogen-bond acceptors (Lipinski definition) is 3. The molecule has 0 spiro atoms. The van der Waals surface area contributed by atoms with Gasteiger partial charge in [-0.1, -0.05) is 20.8 Å². The van der Waals surface area contributed by atoms with E-state index in [1.54, 1.807) is 16.8 Å². The largest absolute Gasteiger partial charge is 0.691 e. The lowest BCUT2D eigenvalue weighted by molar-refractivity contribution is -0.643. The van der Waals surface area contributed by atoms with Crippen LogP contribution in [0.5, 0.6) is 0 Å². The summed E-state index contributed by atoms with van der Waals surface area (Å²) in [7, 11) is 0. The number of rotatable bonds is 0. The Morgan fingerprint density at radius 2 is 2.20 bits per heavy atom. The highest BCUT2D eigenvalue weighted by atomic mass is 16.5. The van der Waals surface area contributed by atoms with E-state index in [0.29, 0.717) is 16.0 Å². The summed E-state index contributed by atoms with van der Waals surface area (Å²) in [5, 5.41) is 19.5. The maximum absolute atomic E-state index is 11.5. The minimum Gasteiger partial charge on any atom is -0.691 e. The predicted molar refractivity (Wildman–Crippen MR) is 54.2 cm³/mol. The molecule has 15 heavy (non-hydrogen) atoms. The van der Waals surface area contributed by atoms with E-state index in [9.17, 15) is 5.21 Å². The van der Waals surface area contributed by atoms with Gasteiger partial charge in [-0.15, -0.1) is 4.85 Å². The smallest absolute Gasteiger partial charge is 0.333 e. The Morgan fingerprint density at radius 3 is 3.07 bits per heavy atom. The molecule has 0 saturated heterocycles. The summed E-state index contributed by atoms with van der Waals surface area (Å²) in [4.78, 5) is 0.592. The van der Waals surface area contributed by atoms with E-state index in [1.165, 1.54) is 0 Å². The Bertz CT molecular complexity index is 659. The van der Waals surface area contributed by atoms with Crippen molar-refractivity contribution < 1.29 is 4.85 Å². The fourth-order valence-corrected chi connectivity index (χ4v) is 1.67. The second-order valence-electron chi connectivity index (χ2n) is 3.47. The number of aryl methyl sites for hydroxylation is 1. The SMILES string of the molecule is Cc1ccc2c(c1)n[n+]([O-])c1ccnn21. The molecule has 3 rings (SSSR count). The van der Waals surface area contributed by atoms with E-state index in [-0.39, 0.29) is 0 Å². The molecule has 0 radical (unpaired) electrons. The van der Waals surface area contributed by atoms with Crippen LogP contribution >= 0.6 is 0 Å². The van der Waals surface area contributed by atoms with Crippen LogP contribution in [0.1, 0.15) is 5.56 Å². The summed E-state index contributed by atoms with van der Waals surface area (Å²) in [5.74, 6) is 0. The van der Waals surface area contributed by atoms with Crippen LogP contribution in [-0.4, -0.2) is 14.7 Å². The molecule has 0 bridgehead atoms. The third kappa shape index (κ3) is 1.06. The van der Waals surface area contributed by atoms with Gasteiger partial charge in [0, 0.05) is 0 Å². The van der Waals surface area contributed by atoms with Crippen LogP contribution in [-0.2, 0) is 0 Å². The zero-order valence-corrected chi connectivity index (χ0v) is 8.08. The molecule has 2 aromatic heterocycles. The van der Waals surface area contributed by atoms with Crippen LogP contribution in [0, 0.1) is 12.1 Å². The van der Waals surface area contributed by atoms with Gasteiger partial charge in [0.05, 0.1) is 12.3 Å². The van der Waals surface area contributed by atoms with Crippen LogP contribution in [0.4, 0.5) is 0 Å². The molecule has 3 aromatic rings.